The number of ether oxygens (including phenoxy) is 1. The second-order valence-corrected chi connectivity index (χ2v) is 10.3. The summed E-state index contributed by atoms with van der Waals surface area (Å²) in [5.41, 5.74) is 0.642. The minimum absolute atomic E-state index is 0.0437. The molecule has 2 amide bonds. The van der Waals surface area contributed by atoms with Crippen molar-refractivity contribution in [2.45, 2.75) is 51.5 Å². The first-order valence-electron chi connectivity index (χ1n) is 11.9. The van der Waals surface area contributed by atoms with Gasteiger partial charge in [-0.3, -0.25) is 9.59 Å². The predicted molar refractivity (Wildman–Crippen MR) is 143 cm³/mol. The quantitative estimate of drug-likeness (QED) is 0.359. The fourth-order valence-electron chi connectivity index (χ4n) is 4.13. The maximum absolute atomic E-state index is 14.6. The number of carbonyl (C=O) groups is 2. The van der Waals surface area contributed by atoms with Crippen LogP contribution in [0.3, 0.4) is 0 Å². The molecule has 0 radical (unpaired) electrons. The van der Waals surface area contributed by atoms with E-state index in [2.05, 4.69) is 27.9 Å². The average molecular weight is 610 g/mol. The summed E-state index contributed by atoms with van der Waals surface area (Å²) in [6.07, 6.45) is -0.272. The van der Waals surface area contributed by atoms with Gasteiger partial charge >= 0.3 is 0 Å². The van der Waals surface area contributed by atoms with Crippen LogP contribution in [-0.4, -0.2) is 58.3 Å². The highest BCUT2D eigenvalue weighted by Gasteiger charge is 2.40. The number of halogens is 2. The molecule has 0 aliphatic heterocycles. The first kappa shape index (κ1) is 28.1. The second kappa shape index (κ2) is 13.2. The Morgan fingerprint density at radius 3 is 2.56 bits per heavy atom. The molecular formula is C27H32FIN2O5. The van der Waals surface area contributed by atoms with Gasteiger partial charge in [0.05, 0.1) is 16.2 Å². The largest absolute Gasteiger partial charge is 0.482 e. The van der Waals surface area contributed by atoms with Gasteiger partial charge in [-0.2, -0.15) is 0 Å². The van der Waals surface area contributed by atoms with Gasteiger partial charge in [-0.05, 0) is 52.8 Å². The zero-order valence-corrected chi connectivity index (χ0v) is 22.5. The highest BCUT2D eigenvalue weighted by Crippen LogP contribution is 2.31. The predicted octanol–water partition coefficient (Wildman–Crippen LogP) is 3.42. The standard InChI is InChI=1S/C27H32FIN2O5/c1-17(2)13-25(33)31(16-18-7-3-4-8-20(18)28)22-14-19(27(35)30-11-12-32)15-24(26(22)34)36-23-10-6-5-9-21(23)29/h3-10,15,17,22,24,26,32,34H,11-14,16H2,1-2H3,(H,30,35). The lowest BCUT2D eigenvalue weighted by atomic mass is 9.87. The van der Waals surface area contributed by atoms with Crippen molar-refractivity contribution < 1.29 is 28.9 Å². The molecule has 3 rings (SSSR count). The number of hydrogen-bond donors (Lipinski definition) is 3. The third-order valence-electron chi connectivity index (χ3n) is 5.92. The summed E-state index contributed by atoms with van der Waals surface area (Å²) in [6, 6.07) is 12.7. The summed E-state index contributed by atoms with van der Waals surface area (Å²) in [5, 5.41) is 23.2. The molecular weight excluding hydrogens is 578 g/mol. The second-order valence-electron chi connectivity index (χ2n) is 9.16. The van der Waals surface area contributed by atoms with Crippen molar-refractivity contribution in [3.8, 4) is 5.75 Å². The maximum Gasteiger partial charge on any atom is 0.247 e. The van der Waals surface area contributed by atoms with E-state index in [-0.39, 0.29) is 44.4 Å². The maximum atomic E-state index is 14.6. The summed E-state index contributed by atoms with van der Waals surface area (Å²) in [6.45, 7) is 3.61. The molecule has 2 aromatic carbocycles. The summed E-state index contributed by atoms with van der Waals surface area (Å²) in [4.78, 5) is 27.7. The highest BCUT2D eigenvalue weighted by atomic mass is 127. The Hall–Kier alpha value is -2.50. The number of amides is 2. The van der Waals surface area contributed by atoms with Gasteiger partial charge in [0.25, 0.3) is 0 Å². The lowest BCUT2D eigenvalue weighted by Crippen LogP contribution is -2.55. The molecule has 0 fully saturated rings. The van der Waals surface area contributed by atoms with Gasteiger partial charge in [-0.25, -0.2) is 4.39 Å². The molecule has 36 heavy (non-hydrogen) atoms. The van der Waals surface area contributed by atoms with Crippen LogP contribution in [0.1, 0.15) is 32.3 Å². The molecule has 194 valence electrons. The molecule has 7 nitrogen and oxygen atoms in total. The lowest BCUT2D eigenvalue weighted by molar-refractivity contribution is -0.140. The zero-order chi connectivity index (χ0) is 26.2. The summed E-state index contributed by atoms with van der Waals surface area (Å²) in [5.74, 6) is -0.541. The third-order valence-corrected chi connectivity index (χ3v) is 6.81. The minimum Gasteiger partial charge on any atom is -0.482 e. The topological polar surface area (TPSA) is 99.1 Å². The Balaban J connectivity index is 1.99. The van der Waals surface area contributed by atoms with E-state index >= 15 is 0 Å². The molecule has 0 bridgehead atoms. The van der Waals surface area contributed by atoms with E-state index < -0.39 is 30.0 Å². The van der Waals surface area contributed by atoms with E-state index in [0.29, 0.717) is 16.9 Å². The molecule has 3 atom stereocenters. The molecule has 1 aliphatic carbocycles. The van der Waals surface area contributed by atoms with E-state index in [1.807, 2.05) is 26.0 Å². The van der Waals surface area contributed by atoms with E-state index in [4.69, 9.17) is 9.84 Å². The molecule has 0 spiro atoms. The van der Waals surface area contributed by atoms with Crippen LogP contribution < -0.4 is 10.1 Å². The van der Waals surface area contributed by atoms with E-state index in [9.17, 15) is 19.1 Å². The highest BCUT2D eigenvalue weighted by molar-refractivity contribution is 14.1. The molecule has 0 saturated heterocycles. The van der Waals surface area contributed by atoms with E-state index in [1.54, 1.807) is 36.4 Å². The van der Waals surface area contributed by atoms with Crippen LogP contribution in [0.4, 0.5) is 4.39 Å². The molecule has 3 N–H and O–H groups in total. The van der Waals surface area contributed by atoms with Crippen molar-refractivity contribution >= 4 is 34.4 Å². The number of aliphatic hydroxyl groups is 2. The fraction of sp³-hybridized carbons (Fsp3) is 0.407. The Bertz CT molecular complexity index is 1090. The van der Waals surface area contributed by atoms with Crippen LogP contribution in [-0.2, 0) is 16.1 Å². The molecule has 0 aromatic heterocycles. The number of carbonyl (C=O) groups excluding carboxylic acids is 2. The molecule has 0 heterocycles. The van der Waals surface area contributed by atoms with Gasteiger partial charge < -0.3 is 25.2 Å². The molecule has 0 saturated carbocycles. The molecule has 1 aliphatic rings. The number of nitrogens with zero attached hydrogens (tertiary/aromatic N) is 1. The van der Waals surface area contributed by atoms with Gasteiger partial charge in [0, 0.05) is 37.1 Å². The first-order chi connectivity index (χ1) is 17.2. The summed E-state index contributed by atoms with van der Waals surface area (Å²) in [7, 11) is 0. The van der Waals surface area contributed by atoms with Crippen LogP contribution in [0.25, 0.3) is 0 Å². The van der Waals surface area contributed by atoms with Crippen LogP contribution >= 0.6 is 22.6 Å². The molecule has 2 aromatic rings. The van der Waals surface area contributed by atoms with Gasteiger partial charge in [0.15, 0.2) is 0 Å². The van der Waals surface area contributed by atoms with E-state index in [1.165, 1.54) is 11.0 Å². The molecule has 9 heteroatoms. The smallest absolute Gasteiger partial charge is 0.247 e. The van der Waals surface area contributed by atoms with Crippen LogP contribution in [0.2, 0.25) is 0 Å². The number of rotatable bonds is 10. The number of aliphatic hydroxyl groups excluding tert-OH is 2. The number of benzene rings is 2. The normalized spacial score (nSPS) is 19.5. The average Bonchev–Trinajstić information content (AvgIpc) is 2.84. The minimum atomic E-state index is -1.17. The Morgan fingerprint density at radius 1 is 1.19 bits per heavy atom. The van der Waals surface area contributed by atoms with E-state index in [0.717, 1.165) is 3.57 Å². The zero-order valence-electron chi connectivity index (χ0n) is 20.4. The fourth-order valence-corrected chi connectivity index (χ4v) is 4.65. The first-order valence-corrected chi connectivity index (χ1v) is 13.0. The van der Waals surface area contributed by atoms with Crippen LogP contribution in [0.15, 0.2) is 60.2 Å². The number of hydrogen-bond acceptors (Lipinski definition) is 5. The van der Waals surface area contributed by atoms with Crippen molar-refractivity contribution in [3.63, 3.8) is 0 Å². The van der Waals surface area contributed by atoms with Crippen molar-refractivity contribution in [3.05, 3.63) is 75.1 Å². The van der Waals surface area contributed by atoms with Gasteiger partial charge in [-0.1, -0.05) is 44.2 Å². The van der Waals surface area contributed by atoms with Crippen molar-refractivity contribution in [1.29, 1.82) is 0 Å². The van der Waals surface area contributed by atoms with Gasteiger partial charge in [-0.15, -0.1) is 0 Å². The Morgan fingerprint density at radius 2 is 1.89 bits per heavy atom. The van der Waals surface area contributed by atoms with Crippen LogP contribution in [0.5, 0.6) is 5.75 Å². The summed E-state index contributed by atoms with van der Waals surface area (Å²) >= 11 is 2.12. The Labute approximate surface area is 224 Å². The van der Waals surface area contributed by atoms with Crippen molar-refractivity contribution in [2.75, 3.05) is 13.2 Å². The SMILES string of the molecule is CC(C)CC(=O)N(Cc1ccccc1F)C1CC(C(=O)NCCO)=CC(Oc2ccccc2I)C1O. The summed E-state index contributed by atoms with van der Waals surface area (Å²) < 4.78 is 21.5. The monoisotopic (exact) mass is 610 g/mol. The Kier molecular flexibility index (Phi) is 10.3. The van der Waals surface area contributed by atoms with Gasteiger partial charge in [0.1, 0.15) is 23.8 Å². The third kappa shape index (κ3) is 7.27. The lowest BCUT2D eigenvalue weighted by Gasteiger charge is -2.41. The molecule has 3 unspecified atom stereocenters. The number of nitrogens with one attached hydrogen (secondary N) is 1. The van der Waals surface area contributed by atoms with Gasteiger partial charge in [0.2, 0.25) is 11.8 Å². The van der Waals surface area contributed by atoms with Crippen LogP contribution in [0, 0.1) is 15.3 Å². The number of para-hydroxylation sites is 1. The van der Waals surface area contributed by atoms with Crippen molar-refractivity contribution in [1.82, 2.24) is 10.2 Å². The van der Waals surface area contributed by atoms with Crippen molar-refractivity contribution in [2.24, 2.45) is 5.92 Å².